The molecule has 0 aliphatic carbocycles. The van der Waals surface area contributed by atoms with Crippen LogP contribution in [-0.4, -0.2) is 34.4 Å². The van der Waals surface area contributed by atoms with Crippen molar-refractivity contribution in [3.63, 3.8) is 0 Å². The summed E-state index contributed by atoms with van der Waals surface area (Å²) in [5, 5.41) is 8.13. The molecule has 1 amide bonds. The lowest BCUT2D eigenvalue weighted by Gasteiger charge is -2.10. The number of aromatic nitrogens is 3. The van der Waals surface area contributed by atoms with Gasteiger partial charge in [-0.3, -0.25) is 4.79 Å². The Labute approximate surface area is 178 Å². The zero-order valence-electron chi connectivity index (χ0n) is 17.3. The quantitative estimate of drug-likeness (QED) is 0.506. The molecule has 2 heterocycles. The zero-order chi connectivity index (χ0) is 22.0. The maximum Gasteiger partial charge on any atom is 0.262 e. The molecule has 4 aromatic rings. The van der Waals surface area contributed by atoms with Crippen molar-refractivity contribution in [2.45, 2.75) is 13.8 Å². The first-order valence-corrected chi connectivity index (χ1v) is 9.64. The molecule has 7 nitrogen and oxygen atoms in total. The highest BCUT2D eigenvalue weighted by atomic mass is 19.1. The summed E-state index contributed by atoms with van der Waals surface area (Å²) >= 11 is 0. The summed E-state index contributed by atoms with van der Waals surface area (Å²) < 4.78 is 26.1. The van der Waals surface area contributed by atoms with Crippen LogP contribution in [0, 0.1) is 19.7 Å². The smallest absolute Gasteiger partial charge is 0.262 e. The Bertz CT molecular complexity index is 1270. The highest BCUT2D eigenvalue weighted by molar-refractivity contribution is 5.92. The number of fused-ring (bicyclic) bond motifs is 1. The van der Waals surface area contributed by atoms with Crippen LogP contribution in [0.15, 0.2) is 54.6 Å². The number of carbonyl (C=O) groups excluding carboxylic acids is 1. The Morgan fingerprint density at radius 2 is 1.94 bits per heavy atom. The number of benzene rings is 2. The normalized spacial score (nSPS) is 10.8. The fourth-order valence-electron chi connectivity index (χ4n) is 3.37. The first-order valence-electron chi connectivity index (χ1n) is 9.64. The number of carbonyl (C=O) groups is 1. The Balaban J connectivity index is 1.57. The number of rotatable bonds is 6. The first-order chi connectivity index (χ1) is 14.9. The van der Waals surface area contributed by atoms with Crippen molar-refractivity contribution in [1.29, 1.82) is 0 Å². The lowest BCUT2D eigenvalue weighted by molar-refractivity contribution is -0.118. The number of hydrogen-bond donors (Lipinski definition) is 1. The van der Waals surface area contributed by atoms with Gasteiger partial charge < -0.3 is 14.8 Å². The van der Waals surface area contributed by atoms with Gasteiger partial charge >= 0.3 is 0 Å². The van der Waals surface area contributed by atoms with Gasteiger partial charge in [0.1, 0.15) is 11.6 Å². The number of halogens is 1. The van der Waals surface area contributed by atoms with Crippen molar-refractivity contribution in [2.75, 3.05) is 19.0 Å². The molecule has 0 unspecified atom stereocenters. The number of nitrogens with zero attached hydrogens (tertiary/aromatic N) is 3. The maximum atomic E-state index is 13.7. The van der Waals surface area contributed by atoms with Gasteiger partial charge in [-0.1, -0.05) is 12.1 Å². The summed E-state index contributed by atoms with van der Waals surface area (Å²) in [5.41, 5.74) is 3.36. The average molecular weight is 420 g/mol. The van der Waals surface area contributed by atoms with Crippen LogP contribution in [-0.2, 0) is 4.79 Å². The summed E-state index contributed by atoms with van der Waals surface area (Å²) in [7, 11) is 1.56. The minimum atomic E-state index is -0.364. The number of methoxy groups -OCH3 is 1. The summed E-state index contributed by atoms with van der Waals surface area (Å²) in [6, 6.07) is 14.9. The number of anilines is 1. The molecule has 0 radical (unpaired) electrons. The second kappa shape index (κ2) is 8.43. The van der Waals surface area contributed by atoms with Crippen molar-refractivity contribution in [1.82, 2.24) is 14.8 Å². The number of nitrogens with one attached hydrogen (secondary N) is 1. The van der Waals surface area contributed by atoms with Crippen LogP contribution in [0.3, 0.4) is 0 Å². The van der Waals surface area contributed by atoms with E-state index in [1.807, 2.05) is 13.8 Å². The van der Waals surface area contributed by atoms with E-state index in [4.69, 9.17) is 9.47 Å². The van der Waals surface area contributed by atoms with Crippen molar-refractivity contribution >= 4 is 22.6 Å². The van der Waals surface area contributed by atoms with E-state index in [0.29, 0.717) is 22.8 Å². The van der Waals surface area contributed by atoms with Gasteiger partial charge in [0.05, 0.1) is 18.5 Å². The standard InChI is InChI=1S/C23H21FN4O3/c1-14-10-21(31-13-20(29)25-17-7-5-9-19(12-17)30-3)26-23-22(14)15(2)27-28(23)18-8-4-6-16(24)11-18/h4-12H,13H2,1-3H3,(H,25,29). The van der Waals surface area contributed by atoms with Crippen molar-refractivity contribution in [2.24, 2.45) is 0 Å². The van der Waals surface area contributed by atoms with Gasteiger partial charge in [0, 0.05) is 23.2 Å². The molecule has 0 spiro atoms. The van der Waals surface area contributed by atoms with E-state index < -0.39 is 0 Å². The maximum absolute atomic E-state index is 13.7. The number of amides is 1. The molecule has 0 atom stereocenters. The minimum absolute atomic E-state index is 0.220. The zero-order valence-corrected chi connectivity index (χ0v) is 17.3. The largest absolute Gasteiger partial charge is 0.497 e. The highest BCUT2D eigenvalue weighted by Gasteiger charge is 2.16. The van der Waals surface area contributed by atoms with E-state index in [-0.39, 0.29) is 24.2 Å². The lowest BCUT2D eigenvalue weighted by atomic mass is 10.2. The van der Waals surface area contributed by atoms with Gasteiger partial charge in [0.2, 0.25) is 5.88 Å². The molecule has 2 aromatic heterocycles. The van der Waals surface area contributed by atoms with Gasteiger partial charge in [-0.05, 0) is 49.7 Å². The second-order valence-corrected chi connectivity index (χ2v) is 7.02. The molecule has 8 heteroatoms. The molecule has 1 N–H and O–H groups in total. The summed E-state index contributed by atoms with van der Waals surface area (Å²) in [4.78, 5) is 16.8. The third-order valence-corrected chi connectivity index (χ3v) is 4.74. The van der Waals surface area contributed by atoms with Crippen molar-refractivity contribution in [3.8, 4) is 17.3 Å². The average Bonchev–Trinajstić information content (AvgIpc) is 3.09. The predicted molar refractivity (Wildman–Crippen MR) is 115 cm³/mol. The molecule has 0 saturated carbocycles. The number of ether oxygens (including phenoxy) is 2. The first kappa shape index (κ1) is 20.3. The van der Waals surface area contributed by atoms with Gasteiger partial charge in [-0.15, -0.1) is 0 Å². The van der Waals surface area contributed by atoms with Crippen LogP contribution in [0.2, 0.25) is 0 Å². The molecule has 0 fully saturated rings. The lowest BCUT2D eigenvalue weighted by Crippen LogP contribution is -2.20. The highest BCUT2D eigenvalue weighted by Crippen LogP contribution is 2.27. The van der Waals surface area contributed by atoms with E-state index >= 15 is 0 Å². The van der Waals surface area contributed by atoms with Gasteiger partial charge in [-0.25, -0.2) is 9.07 Å². The van der Waals surface area contributed by atoms with E-state index in [9.17, 15) is 9.18 Å². The van der Waals surface area contributed by atoms with E-state index in [0.717, 1.165) is 16.6 Å². The Morgan fingerprint density at radius 3 is 2.71 bits per heavy atom. The van der Waals surface area contributed by atoms with Crippen LogP contribution in [0.25, 0.3) is 16.7 Å². The SMILES string of the molecule is COc1cccc(NC(=O)COc2cc(C)c3c(C)nn(-c4cccc(F)c4)c3n2)c1. The minimum Gasteiger partial charge on any atom is -0.497 e. The molecule has 158 valence electrons. The number of hydrogen-bond acceptors (Lipinski definition) is 5. The monoisotopic (exact) mass is 420 g/mol. The third kappa shape index (κ3) is 4.32. The third-order valence-electron chi connectivity index (χ3n) is 4.74. The molecular weight excluding hydrogens is 399 g/mol. The Kier molecular flexibility index (Phi) is 5.53. The Morgan fingerprint density at radius 1 is 1.13 bits per heavy atom. The van der Waals surface area contributed by atoms with E-state index in [1.165, 1.54) is 12.1 Å². The van der Waals surface area contributed by atoms with Gasteiger partial charge in [0.15, 0.2) is 12.3 Å². The fraction of sp³-hybridized carbons (Fsp3) is 0.174. The summed E-state index contributed by atoms with van der Waals surface area (Å²) in [5.74, 6) is 0.227. The topological polar surface area (TPSA) is 78.3 Å². The molecule has 0 bridgehead atoms. The molecule has 0 aliphatic heterocycles. The van der Waals surface area contributed by atoms with Crippen LogP contribution >= 0.6 is 0 Å². The van der Waals surface area contributed by atoms with Crippen LogP contribution < -0.4 is 14.8 Å². The molecule has 31 heavy (non-hydrogen) atoms. The van der Waals surface area contributed by atoms with Gasteiger partial charge in [0.25, 0.3) is 5.91 Å². The summed E-state index contributed by atoms with van der Waals surface area (Å²) in [6.07, 6.45) is 0. The Hall–Kier alpha value is -3.94. The van der Waals surface area contributed by atoms with Crippen molar-refractivity contribution in [3.05, 3.63) is 71.7 Å². The molecule has 0 saturated heterocycles. The van der Waals surface area contributed by atoms with Crippen molar-refractivity contribution < 1.29 is 18.7 Å². The van der Waals surface area contributed by atoms with Gasteiger partial charge in [-0.2, -0.15) is 10.1 Å². The summed E-state index contributed by atoms with van der Waals surface area (Å²) in [6.45, 7) is 3.56. The van der Waals surface area contributed by atoms with E-state index in [1.54, 1.807) is 54.3 Å². The number of aryl methyl sites for hydroxylation is 2. The predicted octanol–water partition coefficient (Wildman–Crippen LogP) is 4.20. The molecule has 4 rings (SSSR count). The fourth-order valence-corrected chi connectivity index (χ4v) is 3.37. The number of pyridine rings is 1. The van der Waals surface area contributed by atoms with Crippen LogP contribution in [0.5, 0.6) is 11.6 Å². The molecular formula is C23H21FN4O3. The molecule has 2 aromatic carbocycles. The second-order valence-electron chi connectivity index (χ2n) is 7.02. The van der Waals surface area contributed by atoms with Crippen LogP contribution in [0.1, 0.15) is 11.3 Å². The van der Waals surface area contributed by atoms with E-state index in [2.05, 4.69) is 15.4 Å². The van der Waals surface area contributed by atoms with Crippen LogP contribution in [0.4, 0.5) is 10.1 Å². The molecule has 0 aliphatic rings.